The van der Waals surface area contributed by atoms with E-state index < -0.39 is 0 Å². The molecule has 0 atom stereocenters. The van der Waals surface area contributed by atoms with Gasteiger partial charge in [-0.25, -0.2) is 0 Å². The van der Waals surface area contributed by atoms with Gasteiger partial charge >= 0.3 is 0 Å². The number of hydrogen-bond acceptors (Lipinski definition) is 5. The molecule has 0 bridgehead atoms. The number of ketones is 1. The maximum atomic E-state index is 12.1. The van der Waals surface area contributed by atoms with E-state index >= 15 is 0 Å². The monoisotopic (exact) mass is 292 g/mol. The van der Waals surface area contributed by atoms with Crippen LogP contribution in [0.15, 0.2) is 18.2 Å². The predicted octanol–water partition coefficient (Wildman–Crippen LogP) is 2.08. The van der Waals surface area contributed by atoms with Crippen molar-refractivity contribution in [3.63, 3.8) is 0 Å². The molecule has 0 saturated carbocycles. The second kappa shape index (κ2) is 6.91. The third-order valence-corrected chi connectivity index (χ3v) is 3.38. The second-order valence-corrected chi connectivity index (χ2v) is 5.87. The number of ether oxygens (including phenoxy) is 2. The van der Waals surface area contributed by atoms with Gasteiger partial charge in [-0.1, -0.05) is 0 Å². The maximum Gasteiger partial charge on any atom is 0.176 e. The Balaban J connectivity index is 1.91. The van der Waals surface area contributed by atoms with E-state index in [1.165, 1.54) is 0 Å². The van der Waals surface area contributed by atoms with Crippen LogP contribution in [0.2, 0.25) is 0 Å². The zero-order valence-corrected chi connectivity index (χ0v) is 13.0. The Morgan fingerprint density at radius 2 is 2.29 bits per heavy atom. The Morgan fingerprint density at radius 1 is 1.48 bits per heavy atom. The van der Waals surface area contributed by atoms with Crippen LogP contribution < -0.4 is 15.4 Å². The molecule has 0 unspecified atom stereocenters. The van der Waals surface area contributed by atoms with Gasteiger partial charge in [-0.15, -0.1) is 0 Å². The first-order chi connectivity index (χ1) is 10.0. The summed E-state index contributed by atoms with van der Waals surface area (Å²) in [7, 11) is 1.68. The zero-order chi connectivity index (χ0) is 15.3. The molecule has 0 spiro atoms. The maximum absolute atomic E-state index is 12.1. The Hall–Kier alpha value is -1.59. The molecule has 0 saturated heterocycles. The molecule has 0 fully saturated rings. The highest BCUT2D eigenvalue weighted by Crippen LogP contribution is 2.33. The van der Waals surface area contributed by atoms with Crippen LogP contribution >= 0.6 is 0 Å². The first-order valence-electron chi connectivity index (χ1n) is 7.32. The summed E-state index contributed by atoms with van der Waals surface area (Å²) >= 11 is 0. The summed E-state index contributed by atoms with van der Waals surface area (Å²) in [4.78, 5) is 12.1. The van der Waals surface area contributed by atoms with Crippen LogP contribution in [0.25, 0.3) is 0 Å². The summed E-state index contributed by atoms with van der Waals surface area (Å²) in [6.07, 6.45) is 0.901. The highest BCUT2D eigenvalue weighted by molar-refractivity contribution is 5.98. The lowest BCUT2D eigenvalue weighted by Gasteiger charge is -2.33. The number of anilines is 1. The van der Waals surface area contributed by atoms with Gasteiger partial charge in [0, 0.05) is 19.3 Å². The van der Waals surface area contributed by atoms with Crippen LogP contribution in [0.4, 0.5) is 5.69 Å². The van der Waals surface area contributed by atoms with Crippen molar-refractivity contribution >= 4 is 11.5 Å². The SMILES string of the molecule is COCCCNCC(=O)c1ccc2c(c1)NCC(C)(C)O2. The lowest BCUT2D eigenvalue weighted by molar-refractivity contribution is 0.0989. The van der Waals surface area contributed by atoms with Gasteiger partial charge in [0.1, 0.15) is 11.4 Å². The summed E-state index contributed by atoms with van der Waals surface area (Å²) in [6.45, 7) is 6.62. The fourth-order valence-electron chi connectivity index (χ4n) is 2.22. The number of carbonyl (C=O) groups is 1. The molecule has 5 heteroatoms. The van der Waals surface area contributed by atoms with E-state index in [0.29, 0.717) is 18.7 Å². The van der Waals surface area contributed by atoms with Crippen LogP contribution in [0, 0.1) is 0 Å². The fourth-order valence-corrected chi connectivity index (χ4v) is 2.22. The van der Waals surface area contributed by atoms with Crippen molar-refractivity contribution in [1.29, 1.82) is 0 Å². The Bertz CT molecular complexity index is 500. The number of carbonyl (C=O) groups excluding carboxylic acids is 1. The third kappa shape index (κ3) is 4.44. The molecule has 0 aromatic heterocycles. The fraction of sp³-hybridized carbons (Fsp3) is 0.562. The van der Waals surface area contributed by atoms with Gasteiger partial charge in [0.05, 0.1) is 18.8 Å². The molecular formula is C16H24N2O3. The van der Waals surface area contributed by atoms with Crippen molar-refractivity contribution in [3.05, 3.63) is 23.8 Å². The largest absolute Gasteiger partial charge is 0.484 e. The van der Waals surface area contributed by atoms with Gasteiger partial charge in [-0.05, 0) is 45.0 Å². The van der Waals surface area contributed by atoms with E-state index in [9.17, 15) is 4.79 Å². The number of hydrogen-bond donors (Lipinski definition) is 2. The summed E-state index contributed by atoms with van der Waals surface area (Å²) in [5.74, 6) is 0.887. The van der Waals surface area contributed by atoms with Crippen LogP contribution in [-0.4, -0.2) is 44.7 Å². The van der Waals surface area contributed by atoms with Crippen LogP contribution in [0.5, 0.6) is 5.75 Å². The van der Waals surface area contributed by atoms with Crippen LogP contribution in [0.3, 0.4) is 0 Å². The highest BCUT2D eigenvalue weighted by Gasteiger charge is 2.26. The molecule has 21 heavy (non-hydrogen) atoms. The standard InChI is InChI=1S/C16H24N2O3/c1-16(2)11-18-13-9-12(5-6-15(13)21-16)14(19)10-17-7-4-8-20-3/h5-6,9,17-18H,4,7-8,10-11H2,1-3H3. The predicted molar refractivity (Wildman–Crippen MR) is 83.3 cm³/mol. The molecule has 0 amide bonds. The normalized spacial score (nSPS) is 15.8. The first-order valence-corrected chi connectivity index (χ1v) is 7.32. The topological polar surface area (TPSA) is 59.6 Å². The minimum atomic E-state index is -0.221. The lowest BCUT2D eigenvalue weighted by Crippen LogP contribution is -2.40. The van der Waals surface area contributed by atoms with E-state index in [4.69, 9.17) is 9.47 Å². The van der Waals surface area contributed by atoms with Gasteiger partial charge in [0.15, 0.2) is 5.78 Å². The molecule has 0 aliphatic carbocycles. The zero-order valence-electron chi connectivity index (χ0n) is 13.0. The van der Waals surface area contributed by atoms with Gasteiger partial charge in [-0.3, -0.25) is 4.79 Å². The van der Waals surface area contributed by atoms with Gasteiger partial charge < -0.3 is 20.1 Å². The Kier molecular flexibility index (Phi) is 5.20. The minimum Gasteiger partial charge on any atom is -0.484 e. The number of Topliss-reactive ketones (excluding diaryl/α,β-unsaturated/α-hetero) is 1. The quantitative estimate of drug-likeness (QED) is 0.595. The van der Waals surface area contributed by atoms with Crippen LogP contribution in [0.1, 0.15) is 30.6 Å². The van der Waals surface area contributed by atoms with Crippen molar-refractivity contribution in [1.82, 2.24) is 5.32 Å². The molecule has 2 rings (SSSR count). The molecule has 1 aliphatic rings. The van der Waals surface area contributed by atoms with E-state index in [2.05, 4.69) is 10.6 Å². The number of fused-ring (bicyclic) bond motifs is 1. The summed E-state index contributed by atoms with van der Waals surface area (Å²) < 4.78 is 10.8. The first kappa shape index (κ1) is 15.8. The number of rotatable bonds is 7. The van der Waals surface area contributed by atoms with Gasteiger partial charge in [0.25, 0.3) is 0 Å². The Morgan fingerprint density at radius 3 is 3.05 bits per heavy atom. The van der Waals surface area contributed by atoms with E-state index in [1.807, 2.05) is 32.0 Å². The molecule has 1 aromatic carbocycles. The van der Waals surface area contributed by atoms with E-state index in [1.54, 1.807) is 7.11 Å². The molecule has 2 N–H and O–H groups in total. The average molecular weight is 292 g/mol. The van der Waals surface area contributed by atoms with E-state index in [0.717, 1.165) is 30.9 Å². The molecule has 0 radical (unpaired) electrons. The van der Waals surface area contributed by atoms with E-state index in [-0.39, 0.29) is 11.4 Å². The minimum absolute atomic E-state index is 0.0850. The molecule has 5 nitrogen and oxygen atoms in total. The average Bonchev–Trinajstić information content (AvgIpc) is 2.45. The highest BCUT2D eigenvalue weighted by atomic mass is 16.5. The van der Waals surface area contributed by atoms with Gasteiger partial charge in [0.2, 0.25) is 0 Å². The molecule has 116 valence electrons. The van der Waals surface area contributed by atoms with Crippen molar-refractivity contribution < 1.29 is 14.3 Å². The Labute approximate surface area is 126 Å². The molecule has 1 heterocycles. The molecule has 1 aliphatic heterocycles. The van der Waals surface area contributed by atoms with Crippen molar-refractivity contribution in [2.24, 2.45) is 0 Å². The number of benzene rings is 1. The van der Waals surface area contributed by atoms with Crippen LogP contribution in [-0.2, 0) is 4.74 Å². The summed E-state index contributed by atoms with van der Waals surface area (Å²) in [5.41, 5.74) is 1.37. The van der Waals surface area contributed by atoms with Crippen molar-refractivity contribution in [2.45, 2.75) is 25.9 Å². The molecular weight excluding hydrogens is 268 g/mol. The number of methoxy groups -OCH3 is 1. The number of nitrogens with one attached hydrogen (secondary N) is 2. The van der Waals surface area contributed by atoms with Crippen molar-refractivity contribution in [2.75, 3.05) is 38.7 Å². The lowest BCUT2D eigenvalue weighted by atomic mass is 10.0. The molecule has 1 aromatic rings. The second-order valence-electron chi connectivity index (χ2n) is 5.87. The smallest absolute Gasteiger partial charge is 0.176 e. The van der Waals surface area contributed by atoms with Crippen molar-refractivity contribution in [3.8, 4) is 5.75 Å². The summed E-state index contributed by atoms with van der Waals surface area (Å²) in [5, 5.41) is 6.45. The third-order valence-electron chi connectivity index (χ3n) is 3.38. The summed E-state index contributed by atoms with van der Waals surface area (Å²) in [6, 6.07) is 5.55. The van der Waals surface area contributed by atoms with Gasteiger partial charge in [-0.2, -0.15) is 0 Å².